The van der Waals surface area contributed by atoms with Crippen LogP contribution in [0.3, 0.4) is 0 Å². The Morgan fingerprint density at radius 2 is 2.25 bits per heavy atom. The lowest BCUT2D eigenvalue weighted by Crippen LogP contribution is -2.24. The third kappa shape index (κ3) is 7.03. The normalized spacial score (nSPS) is 9.50. The molecule has 0 radical (unpaired) electrons. The SMILES string of the molecule is CC(=O)OCCN(C)CCC#N. The number of esters is 1. The molecule has 4 heteroatoms. The summed E-state index contributed by atoms with van der Waals surface area (Å²) in [6.45, 7) is 3.19. The van der Waals surface area contributed by atoms with Crippen LogP contribution in [0.4, 0.5) is 0 Å². The second kappa shape index (κ2) is 6.62. The Hall–Kier alpha value is -1.08. The van der Waals surface area contributed by atoms with Crippen molar-refractivity contribution in [3.05, 3.63) is 0 Å². The summed E-state index contributed by atoms with van der Waals surface area (Å²) in [5, 5.41) is 8.27. The molecule has 0 rings (SSSR count). The summed E-state index contributed by atoms with van der Waals surface area (Å²) in [4.78, 5) is 12.3. The van der Waals surface area contributed by atoms with Crippen LogP contribution < -0.4 is 0 Å². The molecule has 0 aromatic heterocycles. The number of carbonyl (C=O) groups is 1. The van der Waals surface area contributed by atoms with Crippen LogP contribution in [0.5, 0.6) is 0 Å². The Morgan fingerprint density at radius 3 is 2.75 bits per heavy atom. The van der Waals surface area contributed by atoms with Gasteiger partial charge in [0.25, 0.3) is 0 Å². The van der Waals surface area contributed by atoms with Crippen LogP contribution in [0.25, 0.3) is 0 Å². The Labute approximate surface area is 72.7 Å². The van der Waals surface area contributed by atoms with Crippen molar-refractivity contribution in [3.8, 4) is 6.07 Å². The first kappa shape index (κ1) is 10.9. The first-order chi connectivity index (χ1) is 5.66. The number of carbonyl (C=O) groups excluding carboxylic acids is 1. The Balaban J connectivity index is 3.26. The molecule has 4 nitrogen and oxygen atoms in total. The van der Waals surface area contributed by atoms with Crippen LogP contribution in [0.1, 0.15) is 13.3 Å². The lowest BCUT2D eigenvalue weighted by molar-refractivity contribution is -0.141. The minimum absolute atomic E-state index is 0.260. The minimum atomic E-state index is -0.260. The Bertz CT molecular complexity index is 174. The highest BCUT2D eigenvalue weighted by atomic mass is 16.5. The third-order valence-corrected chi connectivity index (χ3v) is 1.38. The zero-order chi connectivity index (χ0) is 9.40. The number of likely N-dealkylation sites (N-methyl/N-ethyl adjacent to an activating group) is 1. The number of hydrogen-bond donors (Lipinski definition) is 0. The lowest BCUT2D eigenvalue weighted by Gasteiger charge is -2.13. The van der Waals surface area contributed by atoms with E-state index in [9.17, 15) is 4.79 Å². The van der Waals surface area contributed by atoms with Crippen LogP contribution in [0, 0.1) is 11.3 Å². The Morgan fingerprint density at radius 1 is 1.58 bits per heavy atom. The summed E-state index contributed by atoms with van der Waals surface area (Å²) < 4.78 is 4.73. The molecule has 0 aromatic rings. The van der Waals surface area contributed by atoms with E-state index in [4.69, 9.17) is 10.00 Å². The fourth-order valence-electron chi connectivity index (χ4n) is 0.698. The highest BCUT2D eigenvalue weighted by Crippen LogP contribution is 1.86. The summed E-state index contributed by atoms with van der Waals surface area (Å²) in [7, 11) is 1.89. The highest BCUT2D eigenvalue weighted by molar-refractivity contribution is 5.65. The molecule has 0 aliphatic carbocycles. The molecule has 0 fully saturated rings. The molecule has 0 atom stereocenters. The monoisotopic (exact) mass is 170 g/mol. The molecule has 0 aliphatic rings. The number of nitriles is 1. The van der Waals surface area contributed by atoms with Gasteiger partial charge in [-0.15, -0.1) is 0 Å². The molecule has 0 aromatic carbocycles. The average molecular weight is 170 g/mol. The first-order valence-electron chi connectivity index (χ1n) is 3.85. The quantitative estimate of drug-likeness (QED) is 0.560. The first-order valence-corrected chi connectivity index (χ1v) is 3.85. The van der Waals surface area contributed by atoms with Gasteiger partial charge in [-0.3, -0.25) is 4.79 Å². The largest absolute Gasteiger partial charge is 0.465 e. The van der Waals surface area contributed by atoms with Gasteiger partial charge in [0, 0.05) is 26.4 Å². The van der Waals surface area contributed by atoms with Crippen molar-refractivity contribution in [2.45, 2.75) is 13.3 Å². The summed E-state index contributed by atoms with van der Waals surface area (Å²) in [6, 6.07) is 2.05. The van der Waals surface area contributed by atoms with Crippen molar-refractivity contribution < 1.29 is 9.53 Å². The second-order valence-electron chi connectivity index (χ2n) is 2.55. The van der Waals surface area contributed by atoms with Gasteiger partial charge in [-0.05, 0) is 7.05 Å². The molecule has 0 aliphatic heterocycles. The standard InChI is InChI=1S/C8H14N2O2/c1-8(11)12-7-6-10(2)5-3-4-9/h3,5-7H2,1-2H3. The predicted molar refractivity (Wildman–Crippen MR) is 44.4 cm³/mol. The van der Waals surface area contributed by atoms with Gasteiger partial charge in [-0.25, -0.2) is 0 Å². The van der Waals surface area contributed by atoms with Crippen molar-refractivity contribution >= 4 is 5.97 Å². The van der Waals surface area contributed by atoms with Gasteiger partial charge in [0.2, 0.25) is 0 Å². The number of ether oxygens (including phenoxy) is 1. The van der Waals surface area contributed by atoms with E-state index in [2.05, 4.69) is 0 Å². The van der Waals surface area contributed by atoms with E-state index in [0.717, 1.165) is 6.54 Å². The molecule has 0 amide bonds. The minimum Gasteiger partial charge on any atom is -0.465 e. The fraction of sp³-hybridized carbons (Fsp3) is 0.750. The molecule has 12 heavy (non-hydrogen) atoms. The maximum atomic E-state index is 10.3. The van der Waals surface area contributed by atoms with Gasteiger partial charge < -0.3 is 9.64 Å². The summed E-state index contributed by atoms with van der Waals surface area (Å²) >= 11 is 0. The van der Waals surface area contributed by atoms with Gasteiger partial charge >= 0.3 is 5.97 Å². The van der Waals surface area contributed by atoms with E-state index in [1.54, 1.807) is 0 Å². The van der Waals surface area contributed by atoms with Gasteiger partial charge in [0.1, 0.15) is 6.61 Å². The van der Waals surface area contributed by atoms with Gasteiger partial charge in [-0.2, -0.15) is 5.26 Å². The molecular formula is C8H14N2O2. The van der Waals surface area contributed by atoms with Crippen molar-refractivity contribution in [1.29, 1.82) is 5.26 Å². The van der Waals surface area contributed by atoms with Crippen molar-refractivity contribution in [1.82, 2.24) is 4.90 Å². The zero-order valence-electron chi connectivity index (χ0n) is 7.54. The number of rotatable bonds is 5. The van der Waals surface area contributed by atoms with E-state index >= 15 is 0 Å². The second-order valence-corrected chi connectivity index (χ2v) is 2.55. The van der Waals surface area contributed by atoms with Crippen molar-refractivity contribution in [2.75, 3.05) is 26.7 Å². The van der Waals surface area contributed by atoms with Gasteiger partial charge in [0.15, 0.2) is 0 Å². The molecule has 68 valence electrons. The highest BCUT2D eigenvalue weighted by Gasteiger charge is 1.98. The summed E-state index contributed by atoms with van der Waals surface area (Å²) in [5.41, 5.74) is 0. The van der Waals surface area contributed by atoms with E-state index < -0.39 is 0 Å². The maximum Gasteiger partial charge on any atom is 0.302 e. The summed E-state index contributed by atoms with van der Waals surface area (Å²) in [5.74, 6) is -0.260. The maximum absolute atomic E-state index is 10.3. The van der Waals surface area contributed by atoms with Crippen LogP contribution in [0.15, 0.2) is 0 Å². The van der Waals surface area contributed by atoms with Gasteiger partial charge in [-0.1, -0.05) is 0 Å². The molecule has 0 unspecified atom stereocenters. The van der Waals surface area contributed by atoms with E-state index in [1.807, 2.05) is 18.0 Å². The smallest absolute Gasteiger partial charge is 0.302 e. The number of nitrogens with zero attached hydrogens (tertiary/aromatic N) is 2. The molecule has 0 bridgehead atoms. The van der Waals surface area contributed by atoms with E-state index in [1.165, 1.54) is 6.92 Å². The molecular weight excluding hydrogens is 156 g/mol. The van der Waals surface area contributed by atoms with E-state index in [0.29, 0.717) is 19.6 Å². The van der Waals surface area contributed by atoms with Crippen LogP contribution >= 0.6 is 0 Å². The lowest BCUT2D eigenvalue weighted by atomic mass is 10.4. The molecule has 0 heterocycles. The topological polar surface area (TPSA) is 53.3 Å². The summed E-state index contributed by atoms with van der Waals surface area (Å²) in [6.07, 6.45) is 0.510. The van der Waals surface area contributed by atoms with Crippen LogP contribution in [-0.2, 0) is 9.53 Å². The van der Waals surface area contributed by atoms with Crippen LogP contribution in [0.2, 0.25) is 0 Å². The molecule has 0 saturated heterocycles. The van der Waals surface area contributed by atoms with E-state index in [-0.39, 0.29) is 5.97 Å². The fourth-order valence-corrected chi connectivity index (χ4v) is 0.698. The predicted octanol–water partition coefficient (Wildman–Crippen LogP) is 0.395. The Kier molecular flexibility index (Phi) is 6.02. The number of hydrogen-bond acceptors (Lipinski definition) is 4. The average Bonchev–Trinajstić information content (AvgIpc) is 2.00. The molecule has 0 N–H and O–H groups in total. The van der Waals surface area contributed by atoms with Crippen LogP contribution in [-0.4, -0.2) is 37.6 Å². The van der Waals surface area contributed by atoms with Gasteiger partial charge in [0.05, 0.1) is 6.07 Å². The third-order valence-electron chi connectivity index (χ3n) is 1.38. The zero-order valence-corrected chi connectivity index (χ0v) is 7.54. The van der Waals surface area contributed by atoms with Crippen molar-refractivity contribution in [2.24, 2.45) is 0 Å². The van der Waals surface area contributed by atoms with Crippen molar-refractivity contribution in [3.63, 3.8) is 0 Å². The molecule has 0 saturated carbocycles. The molecule has 0 spiro atoms.